The van der Waals surface area contributed by atoms with Gasteiger partial charge in [0.1, 0.15) is 0 Å². The lowest BCUT2D eigenvalue weighted by Gasteiger charge is -2.24. The molecule has 15 heavy (non-hydrogen) atoms. The average molecular weight is 289 g/mol. The number of anilines is 1. The molecule has 1 aromatic rings. The number of amides is 1. The highest BCUT2D eigenvalue weighted by Gasteiger charge is 2.25. The molecule has 0 spiro atoms. The van der Waals surface area contributed by atoms with Gasteiger partial charge in [0.05, 0.1) is 0 Å². The molecule has 0 saturated heterocycles. The van der Waals surface area contributed by atoms with E-state index < -0.39 is 0 Å². The molecule has 2 rings (SSSR count). The van der Waals surface area contributed by atoms with Crippen LogP contribution in [0.2, 0.25) is 5.02 Å². The van der Waals surface area contributed by atoms with Gasteiger partial charge in [-0.2, -0.15) is 0 Å². The first kappa shape index (κ1) is 11.0. The van der Waals surface area contributed by atoms with E-state index in [1.54, 1.807) is 12.1 Å². The Morgan fingerprint density at radius 1 is 1.40 bits per heavy atom. The zero-order valence-corrected chi connectivity index (χ0v) is 10.4. The Balaban J connectivity index is 2.06. The second kappa shape index (κ2) is 4.54. The van der Waals surface area contributed by atoms with Crippen LogP contribution in [0.3, 0.4) is 0 Å². The van der Waals surface area contributed by atoms with Gasteiger partial charge < -0.3 is 5.32 Å². The van der Waals surface area contributed by atoms with Crippen molar-refractivity contribution in [2.45, 2.75) is 19.3 Å². The minimum Gasteiger partial charge on any atom is -0.326 e. The molecule has 1 aliphatic rings. The average Bonchev–Trinajstić information content (AvgIpc) is 1.96. The van der Waals surface area contributed by atoms with Crippen molar-refractivity contribution in [3.8, 4) is 0 Å². The molecule has 1 aromatic carbocycles. The summed E-state index contributed by atoms with van der Waals surface area (Å²) >= 11 is 9.21. The number of hydrogen-bond donors (Lipinski definition) is 1. The lowest BCUT2D eigenvalue weighted by molar-refractivity contribution is -0.122. The highest BCUT2D eigenvalue weighted by Crippen LogP contribution is 2.29. The number of hydrogen-bond acceptors (Lipinski definition) is 1. The Kier molecular flexibility index (Phi) is 3.32. The number of carbonyl (C=O) groups is 1. The van der Waals surface area contributed by atoms with Crippen LogP contribution in [0, 0.1) is 5.92 Å². The van der Waals surface area contributed by atoms with Gasteiger partial charge in [0.25, 0.3) is 0 Å². The Morgan fingerprint density at radius 2 is 2.13 bits per heavy atom. The van der Waals surface area contributed by atoms with Crippen LogP contribution in [0.4, 0.5) is 5.69 Å². The lowest BCUT2D eigenvalue weighted by Crippen LogP contribution is -2.27. The highest BCUT2D eigenvalue weighted by molar-refractivity contribution is 9.10. The minimum absolute atomic E-state index is 0.107. The molecule has 4 heteroatoms. The van der Waals surface area contributed by atoms with E-state index in [1.165, 1.54) is 0 Å². The van der Waals surface area contributed by atoms with E-state index in [4.69, 9.17) is 11.6 Å². The monoisotopic (exact) mass is 287 g/mol. The van der Waals surface area contributed by atoms with Crippen LogP contribution in [-0.4, -0.2) is 5.91 Å². The van der Waals surface area contributed by atoms with Crippen LogP contribution in [0.5, 0.6) is 0 Å². The molecule has 0 unspecified atom stereocenters. The Hall–Kier alpha value is -0.540. The topological polar surface area (TPSA) is 29.1 Å². The first-order chi connectivity index (χ1) is 7.15. The molecule has 0 heterocycles. The van der Waals surface area contributed by atoms with Crippen molar-refractivity contribution in [3.63, 3.8) is 0 Å². The third-order valence-corrected chi connectivity index (χ3v) is 3.28. The van der Waals surface area contributed by atoms with Crippen molar-refractivity contribution < 1.29 is 4.79 Å². The Morgan fingerprint density at radius 3 is 2.67 bits per heavy atom. The van der Waals surface area contributed by atoms with Crippen molar-refractivity contribution in [3.05, 3.63) is 27.7 Å². The van der Waals surface area contributed by atoms with Gasteiger partial charge in [-0.05, 0) is 31.0 Å². The molecule has 1 aliphatic carbocycles. The van der Waals surface area contributed by atoms with Crippen molar-refractivity contribution in [1.29, 1.82) is 0 Å². The molecule has 0 atom stereocenters. The molecule has 0 aliphatic heterocycles. The zero-order chi connectivity index (χ0) is 10.8. The van der Waals surface area contributed by atoms with E-state index in [1.807, 2.05) is 6.07 Å². The Labute approximate surface area is 102 Å². The van der Waals surface area contributed by atoms with Gasteiger partial charge in [0.2, 0.25) is 5.91 Å². The molecule has 0 aromatic heterocycles. The molecular weight excluding hydrogens is 277 g/mol. The van der Waals surface area contributed by atoms with E-state index >= 15 is 0 Å². The fourth-order valence-electron chi connectivity index (χ4n) is 1.54. The highest BCUT2D eigenvalue weighted by atomic mass is 79.9. The first-order valence-electron chi connectivity index (χ1n) is 4.92. The number of carbonyl (C=O) groups excluding carboxylic acids is 1. The van der Waals surface area contributed by atoms with Crippen molar-refractivity contribution >= 4 is 39.1 Å². The van der Waals surface area contributed by atoms with Gasteiger partial charge in [0, 0.05) is 21.1 Å². The third kappa shape index (κ3) is 2.73. The molecule has 1 fully saturated rings. The number of nitrogens with one attached hydrogen (secondary N) is 1. The summed E-state index contributed by atoms with van der Waals surface area (Å²) in [6.07, 6.45) is 3.18. The summed E-state index contributed by atoms with van der Waals surface area (Å²) in [4.78, 5) is 11.6. The van der Waals surface area contributed by atoms with E-state index in [0.29, 0.717) is 5.02 Å². The zero-order valence-electron chi connectivity index (χ0n) is 8.09. The SMILES string of the molecule is O=C(Nc1cc(Cl)cc(Br)c1)C1CCC1. The first-order valence-corrected chi connectivity index (χ1v) is 6.09. The maximum Gasteiger partial charge on any atom is 0.227 e. The second-order valence-electron chi connectivity index (χ2n) is 3.78. The Bertz CT molecular complexity index is 370. The summed E-state index contributed by atoms with van der Waals surface area (Å²) in [7, 11) is 0. The van der Waals surface area contributed by atoms with Gasteiger partial charge in [0.15, 0.2) is 0 Å². The fourth-order valence-corrected chi connectivity index (χ4v) is 2.40. The van der Waals surface area contributed by atoms with Crippen LogP contribution in [0.1, 0.15) is 19.3 Å². The van der Waals surface area contributed by atoms with Gasteiger partial charge in [-0.1, -0.05) is 34.0 Å². The summed E-state index contributed by atoms with van der Waals surface area (Å²) < 4.78 is 0.874. The quantitative estimate of drug-likeness (QED) is 0.880. The smallest absolute Gasteiger partial charge is 0.227 e. The maximum atomic E-state index is 11.6. The molecule has 2 nitrogen and oxygen atoms in total. The van der Waals surface area contributed by atoms with Gasteiger partial charge in [-0.3, -0.25) is 4.79 Å². The van der Waals surface area contributed by atoms with Crippen molar-refractivity contribution in [2.24, 2.45) is 5.92 Å². The van der Waals surface area contributed by atoms with Crippen LogP contribution >= 0.6 is 27.5 Å². The van der Waals surface area contributed by atoms with Crippen molar-refractivity contribution in [1.82, 2.24) is 0 Å². The van der Waals surface area contributed by atoms with Crippen LogP contribution in [0.15, 0.2) is 22.7 Å². The molecule has 0 bridgehead atoms. The maximum absolute atomic E-state index is 11.6. The van der Waals surface area contributed by atoms with E-state index in [2.05, 4.69) is 21.2 Å². The minimum atomic E-state index is 0.107. The number of benzene rings is 1. The summed E-state index contributed by atoms with van der Waals surface area (Å²) in [5, 5.41) is 3.49. The van der Waals surface area contributed by atoms with E-state index in [9.17, 15) is 4.79 Å². The van der Waals surface area contributed by atoms with Crippen LogP contribution in [-0.2, 0) is 4.79 Å². The standard InChI is InChI=1S/C11H11BrClNO/c12-8-4-9(13)6-10(5-8)14-11(15)7-2-1-3-7/h4-7H,1-3H2,(H,14,15). The van der Waals surface area contributed by atoms with Gasteiger partial charge in [-0.25, -0.2) is 0 Å². The molecule has 80 valence electrons. The lowest BCUT2D eigenvalue weighted by atomic mass is 9.85. The predicted octanol–water partition coefficient (Wildman–Crippen LogP) is 3.84. The summed E-state index contributed by atoms with van der Waals surface area (Å²) in [6.45, 7) is 0. The van der Waals surface area contributed by atoms with Crippen LogP contribution in [0.25, 0.3) is 0 Å². The van der Waals surface area contributed by atoms with Crippen molar-refractivity contribution in [2.75, 3.05) is 5.32 Å². The third-order valence-electron chi connectivity index (χ3n) is 2.61. The second-order valence-corrected chi connectivity index (χ2v) is 5.13. The largest absolute Gasteiger partial charge is 0.326 e. The molecule has 1 saturated carbocycles. The molecule has 0 radical (unpaired) electrons. The predicted molar refractivity (Wildman–Crippen MR) is 65.1 cm³/mol. The van der Waals surface area contributed by atoms with Gasteiger partial charge in [-0.15, -0.1) is 0 Å². The van der Waals surface area contributed by atoms with Crippen LogP contribution < -0.4 is 5.32 Å². The summed E-state index contributed by atoms with van der Waals surface area (Å²) in [5.41, 5.74) is 0.756. The molecule has 1 amide bonds. The number of rotatable bonds is 2. The normalized spacial score (nSPS) is 15.9. The molecular formula is C11H11BrClNO. The number of halogens is 2. The van der Waals surface area contributed by atoms with Gasteiger partial charge >= 0.3 is 0 Å². The van der Waals surface area contributed by atoms with E-state index in [0.717, 1.165) is 29.4 Å². The fraction of sp³-hybridized carbons (Fsp3) is 0.364. The van der Waals surface area contributed by atoms with E-state index in [-0.39, 0.29) is 11.8 Å². The summed E-state index contributed by atoms with van der Waals surface area (Å²) in [6, 6.07) is 5.39. The molecule has 1 N–H and O–H groups in total. The summed E-state index contributed by atoms with van der Waals surface area (Å²) in [5.74, 6) is 0.304.